The molecule has 1 aliphatic rings. The molecule has 0 atom stereocenters. The first-order valence-electron chi connectivity index (χ1n) is 5.63. The van der Waals surface area contributed by atoms with Crippen LogP contribution in [0.4, 0.5) is 4.39 Å². The minimum Gasteiger partial charge on any atom is -0.233 e. The molecule has 5 heteroatoms. The Kier molecular flexibility index (Phi) is 2.96. The second kappa shape index (κ2) is 4.48. The quantitative estimate of drug-likeness (QED) is 0.760. The van der Waals surface area contributed by atoms with Crippen LogP contribution < -0.4 is 0 Å². The van der Waals surface area contributed by atoms with Crippen LogP contribution in [0.1, 0.15) is 24.5 Å². The maximum absolute atomic E-state index is 13.3. The molecule has 18 heavy (non-hydrogen) atoms. The third-order valence-corrected chi connectivity index (χ3v) is 3.24. The van der Waals surface area contributed by atoms with Gasteiger partial charge in [-0.2, -0.15) is 0 Å². The van der Waals surface area contributed by atoms with Crippen LogP contribution in [0.25, 0.3) is 11.4 Å². The summed E-state index contributed by atoms with van der Waals surface area (Å²) >= 11 is 11.8. The van der Waals surface area contributed by atoms with Crippen molar-refractivity contribution in [3.8, 4) is 11.4 Å². The summed E-state index contributed by atoms with van der Waals surface area (Å²) in [6.07, 6.45) is 2.24. The summed E-state index contributed by atoms with van der Waals surface area (Å²) in [7, 11) is 0. The van der Waals surface area contributed by atoms with Gasteiger partial charge < -0.3 is 0 Å². The molecule has 1 saturated carbocycles. The summed E-state index contributed by atoms with van der Waals surface area (Å²) < 4.78 is 13.3. The van der Waals surface area contributed by atoms with E-state index in [4.69, 9.17) is 23.2 Å². The normalized spacial score (nSPS) is 14.8. The van der Waals surface area contributed by atoms with E-state index in [0.29, 0.717) is 27.5 Å². The highest BCUT2D eigenvalue weighted by atomic mass is 35.5. The Bertz CT molecular complexity index is 592. The van der Waals surface area contributed by atoms with Gasteiger partial charge in [-0.3, -0.25) is 0 Å². The molecule has 3 rings (SSSR count). The predicted octanol–water partition coefficient (Wildman–Crippen LogP) is 4.47. The fraction of sp³-hybridized carbons (Fsp3) is 0.231. The summed E-state index contributed by atoms with van der Waals surface area (Å²) in [6, 6.07) is 6.00. The van der Waals surface area contributed by atoms with Crippen LogP contribution in [-0.4, -0.2) is 9.97 Å². The molecular formula is C13H9Cl2FN2. The van der Waals surface area contributed by atoms with Crippen LogP contribution in [0.15, 0.2) is 24.3 Å². The van der Waals surface area contributed by atoms with E-state index < -0.39 is 5.82 Å². The van der Waals surface area contributed by atoms with Gasteiger partial charge in [0.25, 0.3) is 0 Å². The van der Waals surface area contributed by atoms with E-state index in [9.17, 15) is 4.39 Å². The molecule has 0 saturated heterocycles. The molecule has 0 radical (unpaired) electrons. The van der Waals surface area contributed by atoms with E-state index in [2.05, 4.69) is 9.97 Å². The number of aromatic nitrogens is 2. The Hall–Kier alpha value is -1.19. The first kappa shape index (κ1) is 11.9. The van der Waals surface area contributed by atoms with Crippen molar-refractivity contribution in [1.29, 1.82) is 0 Å². The van der Waals surface area contributed by atoms with Crippen LogP contribution >= 0.6 is 23.2 Å². The molecule has 0 spiro atoms. The van der Waals surface area contributed by atoms with E-state index >= 15 is 0 Å². The summed E-state index contributed by atoms with van der Waals surface area (Å²) in [5, 5.41) is 0.698. The molecule has 1 aliphatic carbocycles. The van der Waals surface area contributed by atoms with E-state index in [-0.39, 0.29) is 0 Å². The third-order valence-electron chi connectivity index (χ3n) is 2.83. The molecule has 0 bridgehead atoms. The van der Waals surface area contributed by atoms with Gasteiger partial charge in [-0.1, -0.05) is 23.2 Å². The van der Waals surface area contributed by atoms with E-state index in [1.165, 1.54) is 12.1 Å². The summed E-state index contributed by atoms with van der Waals surface area (Å²) in [5.74, 6) is 0.480. The molecule has 1 fully saturated rings. The smallest absolute Gasteiger partial charge is 0.161 e. The van der Waals surface area contributed by atoms with Crippen molar-refractivity contribution < 1.29 is 4.39 Å². The van der Waals surface area contributed by atoms with Crippen molar-refractivity contribution in [3.63, 3.8) is 0 Å². The van der Waals surface area contributed by atoms with Gasteiger partial charge in [0.05, 0.1) is 0 Å². The topological polar surface area (TPSA) is 25.8 Å². The van der Waals surface area contributed by atoms with Crippen LogP contribution in [-0.2, 0) is 0 Å². The van der Waals surface area contributed by atoms with Crippen molar-refractivity contribution in [2.24, 2.45) is 0 Å². The number of benzene rings is 1. The van der Waals surface area contributed by atoms with E-state index in [0.717, 1.165) is 18.5 Å². The summed E-state index contributed by atoms with van der Waals surface area (Å²) in [4.78, 5) is 8.55. The molecule has 1 aromatic carbocycles. The second-order valence-corrected chi connectivity index (χ2v) is 5.20. The second-order valence-electron chi connectivity index (χ2n) is 4.37. The number of nitrogens with zero attached hydrogens (tertiary/aromatic N) is 2. The zero-order chi connectivity index (χ0) is 12.7. The largest absolute Gasteiger partial charge is 0.233 e. The van der Waals surface area contributed by atoms with Gasteiger partial charge in [0, 0.05) is 22.2 Å². The highest BCUT2D eigenvalue weighted by Gasteiger charge is 2.26. The van der Waals surface area contributed by atoms with Gasteiger partial charge in [-0.15, -0.1) is 0 Å². The molecule has 0 amide bonds. The molecule has 2 aromatic rings. The van der Waals surface area contributed by atoms with Crippen molar-refractivity contribution in [1.82, 2.24) is 9.97 Å². The van der Waals surface area contributed by atoms with Gasteiger partial charge in [-0.25, -0.2) is 14.4 Å². The average molecular weight is 283 g/mol. The van der Waals surface area contributed by atoms with E-state index in [1.54, 1.807) is 12.1 Å². The van der Waals surface area contributed by atoms with Gasteiger partial charge >= 0.3 is 0 Å². The van der Waals surface area contributed by atoms with Crippen LogP contribution in [0.5, 0.6) is 0 Å². The van der Waals surface area contributed by atoms with Gasteiger partial charge in [0.1, 0.15) is 11.0 Å². The molecule has 2 nitrogen and oxygen atoms in total. The molecule has 1 heterocycles. The molecule has 92 valence electrons. The third kappa shape index (κ3) is 2.47. The fourth-order valence-corrected chi connectivity index (χ4v) is 2.25. The minimum absolute atomic E-state index is 0.321. The van der Waals surface area contributed by atoms with Crippen molar-refractivity contribution in [3.05, 3.63) is 46.0 Å². The number of rotatable bonds is 2. The highest BCUT2D eigenvalue weighted by Crippen LogP contribution is 2.40. The first-order valence-corrected chi connectivity index (χ1v) is 6.38. The SMILES string of the molecule is Fc1cc(Cl)cc(-c2nc(Cl)cc(C3CC3)n2)c1. The standard InChI is InChI=1S/C13H9Cl2FN2/c14-9-3-8(4-10(16)5-9)13-17-11(7-1-2-7)6-12(15)18-13/h3-7H,1-2H2. The Balaban J connectivity index is 2.09. The molecule has 1 aromatic heterocycles. The van der Waals surface area contributed by atoms with Gasteiger partial charge in [0.2, 0.25) is 0 Å². The lowest BCUT2D eigenvalue weighted by Gasteiger charge is -2.05. The fourth-order valence-electron chi connectivity index (χ4n) is 1.84. The number of hydrogen-bond donors (Lipinski definition) is 0. The minimum atomic E-state index is -0.408. The zero-order valence-electron chi connectivity index (χ0n) is 9.33. The van der Waals surface area contributed by atoms with Crippen LogP contribution in [0, 0.1) is 5.82 Å². The molecule has 0 N–H and O–H groups in total. The summed E-state index contributed by atoms with van der Waals surface area (Å²) in [5.41, 5.74) is 1.47. The average Bonchev–Trinajstić information content (AvgIpc) is 3.10. The van der Waals surface area contributed by atoms with Gasteiger partial charge in [-0.05, 0) is 37.1 Å². The molecule has 0 aliphatic heterocycles. The number of halogens is 3. The summed E-state index contributed by atoms with van der Waals surface area (Å²) in [6.45, 7) is 0. The Morgan fingerprint density at radius 1 is 1.06 bits per heavy atom. The highest BCUT2D eigenvalue weighted by molar-refractivity contribution is 6.31. The van der Waals surface area contributed by atoms with Crippen LogP contribution in [0.3, 0.4) is 0 Å². The molecular weight excluding hydrogens is 274 g/mol. The predicted molar refractivity (Wildman–Crippen MR) is 69.4 cm³/mol. The Morgan fingerprint density at radius 3 is 2.50 bits per heavy atom. The van der Waals surface area contributed by atoms with Crippen molar-refractivity contribution >= 4 is 23.2 Å². The zero-order valence-corrected chi connectivity index (χ0v) is 10.8. The number of hydrogen-bond acceptors (Lipinski definition) is 2. The van der Waals surface area contributed by atoms with E-state index in [1.807, 2.05) is 0 Å². The monoisotopic (exact) mass is 282 g/mol. The lowest BCUT2D eigenvalue weighted by Crippen LogP contribution is -1.95. The first-order chi connectivity index (χ1) is 8.61. The van der Waals surface area contributed by atoms with Crippen molar-refractivity contribution in [2.45, 2.75) is 18.8 Å². The molecule has 0 unspecified atom stereocenters. The lowest BCUT2D eigenvalue weighted by atomic mass is 10.2. The van der Waals surface area contributed by atoms with Crippen molar-refractivity contribution in [2.75, 3.05) is 0 Å². The maximum atomic E-state index is 13.3. The van der Waals surface area contributed by atoms with Gasteiger partial charge in [0.15, 0.2) is 5.82 Å². The lowest BCUT2D eigenvalue weighted by molar-refractivity contribution is 0.628. The maximum Gasteiger partial charge on any atom is 0.161 e. The van der Waals surface area contributed by atoms with Crippen LogP contribution in [0.2, 0.25) is 10.2 Å². The Morgan fingerprint density at radius 2 is 1.83 bits per heavy atom. The Labute approximate surface area is 114 Å².